The Morgan fingerprint density at radius 2 is 1.85 bits per heavy atom. The highest BCUT2D eigenvalue weighted by atomic mass is 32.2. The van der Waals surface area contributed by atoms with Gasteiger partial charge in [-0.2, -0.15) is 0 Å². The standard InChI is InChI=1S/C30H36N2O7S/c1-40(36,37)32-27(33)30(39-19-18-29(35,21-38-28(31)34)26-12-3-2-4-13-26)16-14-23(15-17-30)25-11-7-10-24(20-25)22-8-5-6-9-22/h2-4,7,10-16,20,22,35H,5-6,8-9,17-19,21H2,1H3,(H2,31,34)(H,32,33)/t29-,30?/m0/s1. The van der Waals surface area contributed by atoms with Gasteiger partial charge in [-0.1, -0.05) is 79.6 Å². The number of rotatable bonds is 11. The molecule has 0 saturated heterocycles. The Balaban J connectivity index is 1.54. The van der Waals surface area contributed by atoms with Gasteiger partial charge in [0.15, 0.2) is 5.60 Å². The van der Waals surface area contributed by atoms with E-state index in [1.807, 2.05) is 22.9 Å². The van der Waals surface area contributed by atoms with Crippen molar-refractivity contribution in [3.05, 3.63) is 89.5 Å². The first kappa shape index (κ1) is 29.5. The van der Waals surface area contributed by atoms with Crippen molar-refractivity contribution >= 4 is 27.6 Å². The highest BCUT2D eigenvalue weighted by molar-refractivity contribution is 7.89. The zero-order chi connectivity index (χ0) is 28.8. The molecule has 0 spiro atoms. The van der Waals surface area contributed by atoms with E-state index in [4.69, 9.17) is 15.2 Å². The second kappa shape index (κ2) is 12.4. The van der Waals surface area contributed by atoms with Crippen molar-refractivity contribution in [3.63, 3.8) is 0 Å². The molecule has 9 nitrogen and oxygen atoms in total. The van der Waals surface area contributed by atoms with E-state index in [9.17, 15) is 23.1 Å². The van der Waals surface area contributed by atoms with E-state index in [2.05, 4.69) is 12.1 Å². The van der Waals surface area contributed by atoms with Crippen LogP contribution >= 0.6 is 0 Å². The number of hydrogen-bond acceptors (Lipinski definition) is 7. The lowest BCUT2D eigenvalue weighted by Gasteiger charge is -2.33. The van der Waals surface area contributed by atoms with Crippen molar-refractivity contribution in [2.45, 2.75) is 55.6 Å². The maximum atomic E-state index is 13.2. The molecular weight excluding hydrogens is 532 g/mol. The minimum absolute atomic E-state index is 0.0634. The van der Waals surface area contributed by atoms with E-state index < -0.39 is 39.8 Å². The van der Waals surface area contributed by atoms with Crippen molar-refractivity contribution in [2.24, 2.45) is 5.73 Å². The Hall–Kier alpha value is -3.47. The zero-order valence-corrected chi connectivity index (χ0v) is 23.4. The van der Waals surface area contributed by atoms with E-state index in [-0.39, 0.29) is 19.4 Å². The second-order valence-electron chi connectivity index (χ2n) is 10.5. The number of primary amides is 1. The van der Waals surface area contributed by atoms with Crippen LogP contribution < -0.4 is 10.5 Å². The third-order valence-electron chi connectivity index (χ3n) is 7.51. The van der Waals surface area contributed by atoms with Crippen molar-refractivity contribution in [3.8, 4) is 0 Å². The lowest BCUT2D eigenvalue weighted by Crippen LogP contribution is -2.50. The molecule has 10 heteroatoms. The van der Waals surface area contributed by atoms with Gasteiger partial charge >= 0.3 is 6.09 Å². The summed E-state index contributed by atoms with van der Waals surface area (Å²) in [7, 11) is -3.86. The number of nitrogens with one attached hydrogen (secondary N) is 1. The summed E-state index contributed by atoms with van der Waals surface area (Å²) in [4.78, 5) is 24.5. The van der Waals surface area contributed by atoms with E-state index >= 15 is 0 Å². The summed E-state index contributed by atoms with van der Waals surface area (Å²) >= 11 is 0. The first-order valence-corrected chi connectivity index (χ1v) is 15.2. The number of allylic oxidation sites excluding steroid dienone is 2. The largest absolute Gasteiger partial charge is 0.446 e. The molecule has 0 aliphatic heterocycles. The Kier molecular flexibility index (Phi) is 9.12. The minimum Gasteiger partial charge on any atom is -0.446 e. The number of carbonyl (C=O) groups excluding carboxylic acids is 2. The molecule has 2 atom stereocenters. The maximum Gasteiger partial charge on any atom is 0.404 e. The molecule has 214 valence electrons. The van der Waals surface area contributed by atoms with E-state index in [0.29, 0.717) is 11.5 Å². The molecule has 0 bridgehead atoms. The molecule has 0 aromatic heterocycles. The summed E-state index contributed by atoms with van der Waals surface area (Å²) in [5, 5.41) is 11.3. The fourth-order valence-electron chi connectivity index (χ4n) is 5.30. The van der Waals surface area contributed by atoms with Crippen molar-refractivity contribution in [1.29, 1.82) is 0 Å². The van der Waals surface area contributed by atoms with Crippen LogP contribution in [-0.2, 0) is 29.9 Å². The molecule has 1 saturated carbocycles. The highest BCUT2D eigenvalue weighted by Crippen LogP contribution is 2.37. The summed E-state index contributed by atoms with van der Waals surface area (Å²) in [6, 6.07) is 16.9. The predicted molar refractivity (Wildman–Crippen MR) is 152 cm³/mol. The van der Waals surface area contributed by atoms with Gasteiger partial charge in [-0.3, -0.25) is 9.52 Å². The second-order valence-corrected chi connectivity index (χ2v) is 12.2. The van der Waals surface area contributed by atoms with Gasteiger partial charge in [-0.25, -0.2) is 13.2 Å². The normalized spacial score (nSPS) is 20.9. The van der Waals surface area contributed by atoms with E-state index in [1.54, 1.807) is 42.5 Å². The minimum atomic E-state index is -3.86. The summed E-state index contributed by atoms with van der Waals surface area (Å²) in [5.41, 5.74) is 5.53. The summed E-state index contributed by atoms with van der Waals surface area (Å²) in [5.74, 6) is -0.282. The highest BCUT2D eigenvalue weighted by Gasteiger charge is 2.41. The molecule has 1 fully saturated rings. The molecule has 2 aliphatic carbocycles. The van der Waals surface area contributed by atoms with Crippen LogP contribution in [0, 0.1) is 0 Å². The average Bonchev–Trinajstić information content (AvgIpc) is 3.47. The van der Waals surface area contributed by atoms with Gasteiger partial charge in [-0.15, -0.1) is 0 Å². The number of aliphatic hydroxyl groups is 1. The van der Waals surface area contributed by atoms with Crippen LogP contribution in [0.1, 0.15) is 61.1 Å². The van der Waals surface area contributed by atoms with Gasteiger partial charge in [0.05, 0.1) is 12.9 Å². The lowest BCUT2D eigenvalue weighted by atomic mass is 9.87. The van der Waals surface area contributed by atoms with Crippen molar-refractivity contribution in [1.82, 2.24) is 4.72 Å². The molecule has 0 radical (unpaired) electrons. The zero-order valence-electron chi connectivity index (χ0n) is 22.5. The van der Waals surface area contributed by atoms with Crippen LogP contribution in [0.2, 0.25) is 0 Å². The van der Waals surface area contributed by atoms with Gasteiger partial charge in [-0.05, 0) is 47.1 Å². The predicted octanol–water partition coefficient (Wildman–Crippen LogP) is 3.89. The number of benzene rings is 2. The molecule has 2 aromatic rings. The van der Waals surface area contributed by atoms with Gasteiger partial charge in [0, 0.05) is 12.8 Å². The molecule has 2 aromatic carbocycles. The number of nitrogens with two attached hydrogens (primary N) is 1. The number of sulfonamides is 1. The summed E-state index contributed by atoms with van der Waals surface area (Å²) in [6.45, 7) is -0.579. The lowest BCUT2D eigenvalue weighted by molar-refractivity contribution is -0.141. The van der Waals surface area contributed by atoms with Crippen LogP contribution in [0.4, 0.5) is 4.79 Å². The number of carbonyl (C=O) groups is 2. The smallest absolute Gasteiger partial charge is 0.404 e. The van der Waals surface area contributed by atoms with Gasteiger partial charge < -0.3 is 20.3 Å². The molecule has 4 N–H and O–H groups in total. The van der Waals surface area contributed by atoms with Crippen molar-refractivity contribution in [2.75, 3.05) is 19.5 Å². The van der Waals surface area contributed by atoms with Crippen LogP contribution in [0.25, 0.3) is 5.57 Å². The maximum absolute atomic E-state index is 13.2. The molecule has 2 amide bonds. The fraction of sp³-hybridized carbons (Fsp3) is 0.400. The van der Waals surface area contributed by atoms with Gasteiger partial charge in [0.2, 0.25) is 10.0 Å². The molecule has 4 rings (SSSR count). The Bertz CT molecular complexity index is 1380. The van der Waals surface area contributed by atoms with Crippen LogP contribution in [0.15, 0.2) is 72.8 Å². The topological polar surface area (TPSA) is 145 Å². The van der Waals surface area contributed by atoms with Crippen LogP contribution in [0.3, 0.4) is 0 Å². The van der Waals surface area contributed by atoms with E-state index in [0.717, 1.165) is 17.4 Å². The first-order valence-electron chi connectivity index (χ1n) is 13.4. The van der Waals surface area contributed by atoms with Gasteiger partial charge in [0.25, 0.3) is 5.91 Å². The average molecular weight is 569 g/mol. The molecule has 1 unspecified atom stereocenters. The SMILES string of the molecule is CS(=O)(=O)NC(=O)C1(OCC[C@](O)(COC(N)=O)c2ccccc2)C=CC(c2cccc(C3CCCC3)c2)=CC1. The summed E-state index contributed by atoms with van der Waals surface area (Å²) in [6.07, 6.45) is 9.89. The van der Waals surface area contributed by atoms with Crippen LogP contribution in [0.5, 0.6) is 0 Å². The molecular formula is C30H36N2O7S. The van der Waals surface area contributed by atoms with Gasteiger partial charge in [0.1, 0.15) is 12.2 Å². The first-order chi connectivity index (χ1) is 19.0. The summed E-state index contributed by atoms with van der Waals surface area (Å²) < 4.78 is 36.8. The fourth-order valence-corrected chi connectivity index (χ4v) is 5.81. The Morgan fingerprint density at radius 3 is 2.48 bits per heavy atom. The number of amides is 2. The Morgan fingerprint density at radius 1 is 1.12 bits per heavy atom. The molecule has 40 heavy (non-hydrogen) atoms. The number of ether oxygens (including phenoxy) is 2. The number of hydrogen-bond donors (Lipinski definition) is 3. The van der Waals surface area contributed by atoms with Crippen molar-refractivity contribution < 1.29 is 32.6 Å². The molecule has 0 heterocycles. The third-order valence-corrected chi connectivity index (χ3v) is 8.06. The molecule has 2 aliphatic rings. The van der Waals surface area contributed by atoms with Crippen LogP contribution in [-0.4, -0.2) is 50.6 Å². The van der Waals surface area contributed by atoms with E-state index in [1.165, 1.54) is 31.2 Å². The monoisotopic (exact) mass is 568 g/mol. The quantitative estimate of drug-likeness (QED) is 0.373. The third kappa shape index (κ3) is 7.38. The Labute approximate surface area is 235 Å².